The van der Waals surface area contributed by atoms with Crippen LogP contribution in [0.4, 0.5) is 0 Å². The van der Waals surface area contributed by atoms with E-state index in [0.29, 0.717) is 5.56 Å². The van der Waals surface area contributed by atoms with Crippen molar-refractivity contribution >= 4 is 29.9 Å². The molecule has 4 aliphatic heterocycles. The van der Waals surface area contributed by atoms with Gasteiger partial charge in [-0.1, -0.05) is 38.1 Å². The summed E-state index contributed by atoms with van der Waals surface area (Å²) in [7, 11) is 0. The minimum absolute atomic E-state index is 0.0372. The van der Waals surface area contributed by atoms with E-state index in [9.17, 15) is 24.3 Å². The second kappa shape index (κ2) is 11.1. The number of aliphatic hydroxyl groups is 1. The van der Waals surface area contributed by atoms with Crippen LogP contribution in [0, 0.1) is 22.7 Å². The number of carbonyl (C=O) groups excluding carboxylic acids is 4. The summed E-state index contributed by atoms with van der Waals surface area (Å²) in [6.07, 6.45) is 3.49. The van der Waals surface area contributed by atoms with Crippen LogP contribution in [0.2, 0.25) is 0 Å². The molecule has 7 atom stereocenters. The van der Waals surface area contributed by atoms with Gasteiger partial charge in [0.25, 0.3) is 0 Å². The Hall–Kier alpha value is -3.36. The highest BCUT2D eigenvalue weighted by atomic mass is 16.8. The van der Waals surface area contributed by atoms with Gasteiger partial charge in [0.2, 0.25) is 12.0 Å². The predicted molar refractivity (Wildman–Crippen MR) is 159 cm³/mol. The number of amides is 1. The lowest BCUT2D eigenvalue weighted by atomic mass is 9.62. The molecule has 8 rings (SSSR count). The molecule has 1 aromatic carbocycles. The van der Waals surface area contributed by atoms with Crippen LogP contribution in [0.25, 0.3) is 6.08 Å². The molecule has 3 saturated carbocycles. The van der Waals surface area contributed by atoms with E-state index in [4.69, 9.17) is 28.5 Å². The molecule has 47 heavy (non-hydrogen) atoms. The van der Waals surface area contributed by atoms with E-state index >= 15 is 0 Å². The number of rotatable bonds is 10. The molecular formula is C34H40N2O11. The monoisotopic (exact) mass is 652 g/mol. The summed E-state index contributed by atoms with van der Waals surface area (Å²) < 4.78 is 30.0. The Labute approximate surface area is 271 Å². The van der Waals surface area contributed by atoms with Gasteiger partial charge in [0.05, 0.1) is 13.2 Å². The van der Waals surface area contributed by atoms with Crippen molar-refractivity contribution < 1.29 is 52.8 Å². The molecule has 2 N–H and O–H groups in total. The summed E-state index contributed by atoms with van der Waals surface area (Å²) in [6, 6.07) is 6.26. The number of cyclic esters (lactones) is 1. The SMILES string of the molecule is CC1(C)COC(=O)C1OC(=O)C=Cc1cccc(CN2OC3C4OC(C5CC5)(C5CC5)OC4C4CC3(C(=O)NCCO)C2C(=O)O4)c1. The van der Waals surface area contributed by atoms with Gasteiger partial charge in [-0.2, -0.15) is 5.06 Å². The number of aliphatic hydroxyl groups excluding tert-OH is 1. The van der Waals surface area contributed by atoms with Crippen LogP contribution in [0.1, 0.15) is 57.1 Å². The zero-order chi connectivity index (χ0) is 32.7. The fraction of sp³-hybridized carbons (Fsp3) is 0.647. The summed E-state index contributed by atoms with van der Waals surface area (Å²) in [5.74, 6) is -2.38. The van der Waals surface area contributed by atoms with Gasteiger partial charge >= 0.3 is 17.9 Å². The topological polar surface area (TPSA) is 159 Å². The highest BCUT2D eigenvalue weighted by molar-refractivity contribution is 5.93. The maximum Gasteiger partial charge on any atom is 0.348 e. The van der Waals surface area contributed by atoms with Crippen molar-refractivity contribution in [2.24, 2.45) is 22.7 Å². The maximum absolute atomic E-state index is 14.0. The fourth-order valence-electron chi connectivity index (χ4n) is 8.23. The minimum Gasteiger partial charge on any atom is -0.462 e. The number of hydrogen-bond acceptors (Lipinski definition) is 12. The fourth-order valence-corrected chi connectivity index (χ4v) is 8.23. The molecule has 4 saturated heterocycles. The molecule has 252 valence electrons. The van der Waals surface area contributed by atoms with Crippen molar-refractivity contribution in [3.63, 3.8) is 0 Å². The zero-order valence-corrected chi connectivity index (χ0v) is 26.4. The minimum atomic E-state index is -1.31. The number of carbonyl (C=O) groups is 4. The van der Waals surface area contributed by atoms with E-state index in [-0.39, 0.29) is 50.5 Å². The average Bonchev–Trinajstić information content (AvgIpc) is 3.98. The lowest BCUT2D eigenvalue weighted by Crippen LogP contribution is -2.69. The van der Waals surface area contributed by atoms with Gasteiger partial charge in [-0.05, 0) is 42.9 Å². The normalized spacial score (nSPS) is 36.6. The van der Waals surface area contributed by atoms with Crippen molar-refractivity contribution in [1.82, 2.24) is 10.4 Å². The van der Waals surface area contributed by atoms with Crippen LogP contribution >= 0.6 is 0 Å². The largest absolute Gasteiger partial charge is 0.462 e. The molecule has 0 radical (unpaired) electrons. The van der Waals surface area contributed by atoms with Crippen LogP contribution in [0.3, 0.4) is 0 Å². The molecule has 3 aliphatic carbocycles. The zero-order valence-electron chi connectivity index (χ0n) is 26.4. The van der Waals surface area contributed by atoms with Crippen LogP contribution in [0.5, 0.6) is 0 Å². The molecule has 13 heteroatoms. The van der Waals surface area contributed by atoms with E-state index in [2.05, 4.69) is 5.32 Å². The number of esters is 3. The van der Waals surface area contributed by atoms with Crippen molar-refractivity contribution in [2.45, 2.75) is 94.8 Å². The summed E-state index contributed by atoms with van der Waals surface area (Å²) >= 11 is 0. The predicted octanol–water partition coefficient (Wildman–Crippen LogP) is 1.40. The van der Waals surface area contributed by atoms with Gasteiger partial charge in [-0.3, -0.25) is 14.4 Å². The first-order valence-corrected chi connectivity index (χ1v) is 16.6. The standard InChI is InChI=1S/C34H40N2O11/c1-32(2)17-42-30(40)28(32)44-23(38)11-6-18-4-3-5-19(14-18)16-36-26-29(39)43-22-15-33(26,31(41)35-12-13-37)27(47-36)25-24(22)45-34(46-25,20-7-8-20)21-9-10-21/h3-6,11,14,20-22,24-28,37H,7-10,12-13,15-17H2,1-2H3,(H,35,41). The molecule has 1 aromatic rings. The van der Waals surface area contributed by atoms with Crippen LogP contribution in [-0.4, -0.2) is 96.1 Å². The summed E-state index contributed by atoms with van der Waals surface area (Å²) in [6.45, 7) is 3.70. The molecule has 1 amide bonds. The molecular weight excluding hydrogens is 612 g/mol. The van der Waals surface area contributed by atoms with E-state index in [1.165, 1.54) is 11.1 Å². The molecule has 4 heterocycles. The van der Waals surface area contributed by atoms with Crippen molar-refractivity contribution in [3.8, 4) is 0 Å². The van der Waals surface area contributed by atoms with Crippen LogP contribution < -0.4 is 5.32 Å². The Morgan fingerprint density at radius 2 is 1.83 bits per heavy atom. The van der Waals surface area contributed by atoms with E-state index in [1.54, 1.807) is 26.0 Å². The third kappa shape index (κ3) is 5.00. The first-order valence-electron chi connectivity index (χ1n) is 16.6. The Morgan fingerprint density at radius 3 is 2.51 bits per heavy atom. The van der Waals surface area contributed by atoms with Crippen LogP contribution in [-0.2, 0) is 54.2 Å². The number of fused-ring (bicyclic) bond motifs is 4. The number of ether oxygens (including phenoxy) is 5. The molecule has 7 aliphatic rings. The highest BCUT2D eigenvalue weighted by Crippen LogP contribution is 2.63. The van der Waals surface area contributed by atoms with Gasteiger partial charge in [-0.25, -0.2) is 9.59 Å². The number of nitrogens with one attached hydrogen (secondary N) is 1. The third-order valence-electron chi connectivity index (χ3n) is 10.7. The molecule has 7 fully saturated rings. The van der Waals surface area contributed by atoms with E-state index < -0.39 is 71.1 Å². The average molecular weight is 653 g/mol. The van der Waals surface area contributed by atoms with Gasteiger partial charge in [-0.15, -0.1) is 0 Å². The number of benzene rings is 1. The van der Waals surface area contributed by atoms with Gasteiger partial charge < -0.3 is 34.1 Å². The Kier molecular flexibility index (Phi) is 7.30. The lowest BCUT2D eigenvalue weighted by Gasteiger charge is -2.48. The molecule has 0 aromatic heterocycles. The first kappa shape index (κ1) is 30.9. The molecule has 13 nitrogen and oxygen atoms in total. The molecule has 2 bridgehead atoms. The quantitative estimate of drug-likeness (QED) is 0.213. The van der Waals surface area contributed by atoms with Crippen molar-refractivity contribution in [3.05, 3.63) is 41.5 Å². The van der Waals surface area contributed by atoms with E-state index in [0.717, 1.165) is 31.2 Å². The van der Waals surface area contributed by atoms with E-state index in [1.807, 2.05) is 18.2 Å². The summed E-state index contributed by atoms with van der Waals surface area (Å²) in [5, 5.41) is 13.8. The highest BCUT2D eigenvalue weighted by Gasteiger charge is 2.78. The summed E-state index contributed by atoms with van der Waals surface area (Å²) in [4.78, 5) is 59.0. The van der Waals surface area contributed by atoms with Gasteiger partial charge in [0, 0.05) is 36.3 Å². The Balaban J connectivity index is 1.05. The number of hydrogen-bond donors (Lipinski definition) is 2. The van der Waals surface area contributed by atoms with Gasteiger partial charge in [0.1, 0.15) is 36.4 Å². The molecule has 0 spiro atoms. The first-order chi connectivity index (χ1) is 22.6. The molecule has 7 unspecified atom stereocenters. The van der Waals surface area contributed by atoms with Crippen molar-refractivity contribution in [1.29, 1.82) is 0 Å². The third-order valence-corrected chi connectivity index (χ3v) is 10.7. The maximum atomic E-state index is 14.0. The van der Waals surface area contributed by atoms with Gasteiger partial charge in [0.15, 0.2) is 11.8 Å². The lowest BCUT2D eigenvalue weighted by molar-refractivity contribution is -0.235. The van der Waals surface area contributed by atoms with Crippen LogP contribution in [0.15, 0.2) is 30.3 Å². The van der Waals surface area contributed by atoms with Crippen molar-refractivity contribution in [2.75, 3.05) is 19.8 Å². The summed E-state index contributed by atoms with van der Waals surface area (Å²) in [5.41, 5.74) is -0.491. The Bertz CT molecular complexity index is 1510. The second-order valence-corrected chi connectivity index (χ2v) is 14.6. The number of nitrogens with zero attached hydrogens (tertiary/aromatic N) is 1. The second-order valence-electron chi connectivity index (χ2n) is 14.6. The number of hydroxylamine groups is 2. The smallest absolute Gasteiger partial charge is 0.348 e. The Morgan fingerprint density at radius 1 is 1.09 bits per heavy atom.